The van der Waals surface area contributed by atoms with Crippen LogP contribution in [0.3, 0.4) is 0 Å². The molecule has 5 nitrogen and oxygen atoms in total. The lowest BCUT2D eigenvalue weighted by Gasteiger charge is -2.19. The Labute approximate surface area is 94.9 Å². The number of carbonyl (C=O) groups is 1. The summed E-state index contributed by atoms with van der Waals surface area (Å²) in [7, 11) is 3.02. The van der Waals surface area contributed by atoms with Crippen LogP contribution in [0.2, 0.25) is 0 Å². The van der Waals surface area contributed by atoms with Gasteiger partial charge in [0, 0.05) is 0 Å². The normalized spacial score (nSPS) is 11.1. The Hall–Kier alpha value is -1.65. The second-order valence-electron chi connectivity index (χ2n) is 4.28. The summed E-state index contributed by atoms with van der Waals surface area (Å²) < 4.78 is 16.6. The third kappa shape index (κ3) is 2.92. The Bertz CT molecular complexity index is 354. The van der Waals surface area contributed by atoms with E-state index in [0.717, 1.165) is 0 Å². The average Bonchev–Trinajstić information content (AvgIpc) is 2.57. The summed E-state index contributed by atoms with van der Waals surface area (Å²) in [6, 6.07) is 0. The number of carbonyl (C=O) groups excluding carboxylic acids is 1. The number of methoxy groups -OCH3 is 2. The average molecular weight is 227 g/mol. The highest BCUT2D eigenvalue weighted by Gasteiger charge is 2.19. The van der Waals surface area contributed by atoms with Crippen molar-refractivity contribution in [2.75, 3.05) is 14.2 Å². The summed E-state index contributed by atoms with van der Waals surface area (Å²) >= 11 is 0. The Kier molecular flexibility index (Phi) is 3.47. The molecule has 0 amide bonds. The van der Waals surface area contributed by atoms with Crippen LogP contribution in [0, 0.1) is 0 Å². The van der Waals surface area contributed by atoms with Gasteiger partial charge in [-0.3, -0.25) is 4.57 Å². The minimum Gasteiger partial charge on any atom is -0.491 e. The zero-order valence-electron chi connectivity index (χ0n) is 10.2. The van der Waals surface area contributed by atoms with Crippen LogP contribution in [0.15, 0.2) is 12.4 Å². The van der Waals surface area contributed by atoms with E-state index in [2.05, 4.69) is 0 Å². The first-order valence-electron chi connectivity index (χ1n) is 4.90. The van der Waals surface area contributed by atoms with Crippen molar-refractivity contribution >= 4 is 6.09 Å². The van der Waals surface area contributed by atoms with Crippen molar-refractivity contribution in [1.82, 2.24) is 4.57 Å². The summed E-state index contributed by atoms with van der Waals surface area (Å²) in [4.78, 5) is 11.7. The molecule has 0 aliphatic carbocycles. The van der Waals surface area contributed by atoms with Gasteiger partial charge in [-0.1, -0.05) is 0 Å². The molecular formula is C11H17NO4. The first kappa shape index (κ1) is 12.4. The van der Waals surface area contributed by atoms with E-state index in [4.69, 9.17) is 14.2 Å². The van der Waals surface area contributed by atoms with Crippen molar-refractivity contribution in [3.8, 4) is 11.5 Å². The number of hydrogen-bond acceptors (Lipinski definition) is 4. The van der Waals surface area contributed by atoms with E-state index in [-0.39, 0.29) is 0 Å². The van der Waals surface area contributed by atoms with Crippen LogP contribution in [0.4, 0.5) is 4.79 Å². The summed E-state index contributed by atoms with van der Waals surface area (Å²) in [5, 5.41) is 0. The van der Waals surface area contributed by atoms with Gasteiger partial charge in [0.15, 0.2) is 11.5 Å². The fourth-order valence-electron chi connectivity index (χ4n) is 1.14. The van der Waals surface area contributed by atoms with Gasteiger partial charge in [0.05, 0.1) is 26.6 Å². The third-order valence-electron chi connectivity index (χ3n) is 1.80. The van der Waals surface area contributed by atoms with Crippen molar-refractivity contribution < 1.29 is 19.0 Å². The number of nitrogens with zero attached hydrogens (tertiary/aromatic N) is 1. The zero-order chi connectivity index (χ0) is 12.3. The van der Waals surface area contributed by atoms with Crippen LogP contribution in [0.25, 0.3) is 0 Å². The lowest BCUT2D eigenvalue weighted by Crippen LogP contribution is -2.26. The Morgan fingerprint density at radius 2 is 1.56 bits per heavy atom. The fourth-order valence-corrected chi connectivity index (χ4v) is 1.14. The molecule has 0 bridgehead atoms. The highest BCUT2D eigenvalue weighted by atomic mass is 16.6. The molecule has 0 aromatic carbocycles. The molecule has 1 aromatic rings. The van der Waals surface area contributed by atoms with Crippen LogP contribution >= 0.6 is 0 Å². The number of rotatable bonds is 2. The lowest BCUT2D eigenvalue weighted by atomic mass is 10.2. The van der Waals surface area contributed by atoms with E-state index in [9.17, 15) is 4.79 Å². The number of ether oxygens (including phenoxy) is 3. The van der Waals surface area contributed by atoms with Crippen molar-refractivity contribution in [2.24, 2.45) is 0 Å². The van der Waals surface area contributed by atoms with Gasteiger partial charge in [0.2, 0.25) is 0 Å². The third-order valence-corrected chi connectivity index (χ3v) is 1.80. The minimum absolute atomic E-state index is 0.464. The molecule has 0 fully saturated rings. The molecule has 0 saturated carbocycles. The zero-order valence-corrected chi connectivity index (χ0v) is 10.2. The molecule has 1 heterocycles. The quantitative estimate of drug-likeness (QED) is 0.777. The Morgan fingerprint density at radius 1 is 1.12 bits per heavy atom. The van der Waals surface area contributed by atoms with E-state index < -0.39 is 11.7 Å². The van der Waals surface area contributed by atoms with Gasteiger partial charge in [-0.25, -0.2) is 4.79 Å². The highest BCUT2D eigenvalue weighted by molar-refractivity contribution is 5.72. The topological polar surface area (TPSA) is 49.7 Å². The monoisotopic (exact) mass is 227 g/mol. The van der Waals surface area contributed by atoms with Crippen molar-refractivity contribution in [3.63, 3.8) is 0 Å². The highest BCUT2D eigenvalue weighted by Crippen LogP contribution is 2.27. The minimum atomic E-state index is -0.526. The van der Waals surface area contributed by atoms with Crippen LogP contribution in [-0.2, 0) is 4.74 Å². The lowest BCUT2D eigenvalue weighted by molar-refractivity contribution is 0.0536. The van der Waals surface area contributed by atoms with Gasteiger partial charge >= 0.3 is 6.09 Å². The predicted molar refractivity (Wildman–Crippen MR) is 59.2 cm³/mol. The molecule has 0 atom stereocenters. The molecule has 0 unspecified atom stereocenters. The second-order valence-corrected chi connectivity index (χ2v) is 4.28. The maximum Gasteiger partial charge on any atom is 0.418 e. The molecular weight excluding hydrogens is 210 g/mol. The van der Waals surface area contributed by atoms with Gasteiger partial charge < -0.3 is 14.2 Å². The van der Waals surface area contributed by atoms with E-state index in [1.54, 1.807) is 0 Å². The standard InChI is InChI=1S/C11H17NO4/c1-11(2,3)16-10(13)12-6-8(14-4)9(7-12)15-5/h6-7H,1-5H3. The van der Waals surface area contributed by atoms with Crippen molar-refractivity contribution in [2.45, 2.75) is 26.4 Å². The van der Waals surface area contributed by atoms with Gasteiger partial charge in [0.1, 0.15) is 5.60 Å². The predicted octanol–water partition coefficient (Wildman–Crippen LogP) is 2.29. The van der Waals surface area contributed by atoms with Crippen LogP contribution in [-0.4, -0.2) is 30.5 Å². The van der Waals surface area contributed by atoms with Crippen molar-refractivity contribution in [3.05, 3.63) is 12.4 Å². The second kappa shape index (κ2) is 4.47. The maximum atomic E-state index is 11.7. The van der Waals surface area contributed by atoms with Gasteiger partial charge in [0.25, 0.3) is 0 Å². The molecule has 5 heteroatoms. The first-order chi connectivity index (χ1) is 7.37. The Balaban J connectivity index is 2.88. The number of aromatic nitrogens is 1. The Morgan fingerprint density at radius 3 is 1.88 bits per heavy atom. The van der Waals surface area contributed by atoms with Gasteiger partial charge in [-0.05, 0) is 20.8 Å². The SMILES string of the molecule is COc1cn(C(=O)OC(C)(C)C)cc1OC. The summed E-state index contributed by atoms with van der Waals surface area (Å²) in [5.41, 5.74) is -0.526. The van der Waals surface area contributed by atoms with Crippen LogP contribution in [0.5, 0.6) is 11.5 Å². The summed E-state index contributed by atoms with van der Waals surface area (Å²) in [6.07, 6.45) is 2.58. The smallest absolute Gasteiger partial charge is 0.418 e. The maximum absolute atomic E-state index is 11.7. The molecule has 16 heavy (non-hydrogen) atoms. The molecule has 1 rings (SSSR count). The fraction of sp³-hybridized carbons (Fsp3) is 0.545. The number of hydrogen-bond donors (Lipinski definition) is 0. The molecule has 0 aliphatic rings. The van der Waals surface area contributed by atoms with E-state index in [1.807, 2.05) is 20.8 Å². The van der Waals surface area contributed by atoms with E-state index in [1.165, 1.54) is 31.2 Å². The molecule has 0 spiro atoms. The molecule has 0 N–H and O–H groups in total. The molecule has 0 aliphatic heterocycles. The molecule has 0 radical (unpaired) electrons. The van der Waals surface area contributed by atoms with Gasteiger partial charge in [-0.2, -0.15) is 0 Å². The van der Waals surface area contributed by atoms with E-state index >= 15 is 0 Å². The largest absolute Gasteiger partial charge is 0.491 e. The molecule has 1 aromatic heterocycles. The van der Waals surface area contributed by atoms with Gasteiger partial charge in [-0.15, -0.1) is 0 Å². The van der Waals surface area contributed by atoms with Crippen molar-refractivity contribution in [1.29, 1.82) is 0 Å². The van der Waals surface area contributed by atoms with E-state index in [0.29, 0.717) is 11.5 Å². The molecule has 0 saturated heterocycles. The first-order valence-corrected chi connectivity index (χ1v) is 4.90. The van der Waals surface area contributed by atoms with Crippen LogP contribution in [0.1, 0.15) is 20.8 Å². The van der Waals surface area contributed by atoms with Crippen LogP contribution < -0.4 is 9.47 Å². The molecule has 90 valence electrons. The summed E-state index contributed by atoms with van der Waals surface area (Å²) in [5.74, 6) is 0.988. The summed E-state index contributed by atoms with van der Waals surface area (Å²) in [6.45, 7) is 5.43.